The van der Waals surface area contributed by atoms with Gasteiger partial charge in [-0.3, -0.25) is 9.78 Å². The number of nitrogens with two attached hydrogens (primary N) is 1. The number of rotatable bonds is 4. The van der Waals surface area contributed by atoms with Gasteiger partial charge in [0.2, 0.25) is 11.7 Å². The molecule has 0 spiro atoms. The van der Waals surface area contributed by atoms with E-state index in [4.69, 9.17) is 10.5 Å². The largest absolute Gasteiger partial charge is 0.506 e. The molecular formula is C22H19N5O4. The molecule has 0 bridgehead atoms. The smallest absolute Gasteiger partial charge is 0.349 e. The van der Waals surface area contributed by atoms with Crippen LogP contribution in [0.2, 0.25) is 0 Å². The fourth-order valence-corrected chi connectivity index (χ4v) is 3.20. The van der Waals surface area contributed by atoms with Crippen molar-refractivity contribution in [2.24, 2.45) is 0 Å². The first kappa shape index (κ1) is 19.9. The molecule has 0 radical (unpaired) electrons. The fourth-order valence-electron chi connectivity index (χ4n) is 3.20. The number of aryl methyl sites for hydroxylation is 2. The summed E-state index contributed by atoms with van der Waals surface area (Å²) < 4.78 is 7.03. The lowest BCUT2D eigenvalue weighted by Gasteiger charge is -2.14. The van der Waals surface area contributed by atoms with Crippen molar-refractivity contribution in [1.29, 1.82) is 0 Å². The second kappa shape index (κ2) is 7.79. The van der Waals surface area contributed by atoms with Crippen molar-refractivity contribution < 1.29 is 9.84 Å². The lowest BCUT2D eigenvalue weighted by atomic mass is 10.1. The Balaban J connectivity index is 1.72. The van der Waals surface area contributed by atoms with Gasteiger partial charge in [0.15, 0.2) is 0 Å². The van der Waals surface area contributed by atoms with E-state index < -0.39 is 11.2 Å². The summed E-state index contributed by atoms with van der Waals surface area (Å²) in [5.74, 6) is 0.589. The highest BCUT2D eigenvalue weighted by molar-refractivity contribution is 5.66. The first-order valence-electron chi connectivity index (χ1n) is 9.37. The minimum atomic E-state index is -0.734. The highest BCUT2D eigenvalue weighted by Crippen LogP contribution is 2.33. The predicted molar refractivity (Wildman–Crippen MR) is 116 cm³/mol. The minimum Gasteiger partial charge on any atom is -0.506 e. The van der Waals surface area contributed by atoms with E-state index >= 15 is 0 Å². The van der Waals surface area contributed by atoms with Gasteiger partial charge < -0.3 is 15.6 Å². The second-order valence-corrected chi connectivity index (χ2v) is 6.95. The summed E-state index contributed by atoms with van der Waals surface area (Å²) >= 11 is 0. The molecule has 0 saturated heterocycles. The molecule has 9 heteroatoms. The molecule has 0 aliphatic carbocycles. The second-order valence-electron chi connectivity index (χ2n) is 6.95. The van der Waals surface area contributed by atoms with Gasteiger partial charge in [0.05, 0.1) is 5.69 Å². The van der Waals surface area contributed by atoms with Crippen LogP contribution in [0.25, 0.3) is 16.9 Å². The standard InChI is InChI=1S/C22H19N5O4/c1-12-10-15(27-22(30)25-21(29)20(23)26-27)11-13(2)19(12)31-17-9-8-16(28)18(24-17)14-6-4-3-5-7-14/h3-11,28H,1-2H3,(H2,23,26)(H,25,29,30). The molecule has 4 aromatic rings. The summed E-state index contributed by atoms with van der Waals surface area (Å²) in [4.78, 5) is 30.2. The van der Waals surface area contributed by atoms with Crippen LogP contribution in [0.4, 0.5) is 5.82 Å². The maximum Gasteiger partial charge on any atom is 0.349 e. The number of pyridine rings is 1. The number of benzene rings is 2. The zero-order chi connectivity index (χ0) is 22.1. The van der Waals surface area contributed by atoms with Crippen LogP contribution in [-0.2, 0) is 0 Å². The molecule has 0 unspecified atom stereocenters. The van der Waals surface area contributed by atoms with Crippen LogP contribution in [-0.4, -0.2) is 24.9 Å². The van der Waals surface area contributed by atoms with Gasteiger partial charge in [0, 0.05) is 11.6 Å². The zero-order valence-corrected chi connectivity index (χ0v) is 16.8. The summed E-state index contributed by atoms with van der Waals surface area (Å²) in [6.07, 6.45) is 0. The molecule has 156 valence electrons. The van der Waals surface area contributed by atoms with Crippen LogP contribution < -0.4 is 21.7 Å². The Bertz CT molecular complexity index is 1370. The van der Waals surface area contributed by atoms with Gasteiger partial charge in [-0.1, -0.05) is 30.3 Å². The molecule has 31 heavy (non-hydrogen) atoms. The topological polar surface area (TPSA) is 136 Å². The number of aromatic hydroxyl groups is 1. The van der Waals surface area contributed by atoms with Crippen molar-refractivity contribution in [1.82, 2.24) is 19.7 Å². The van der Waals surface area contributed by atoms with Gasteiger partial charge in [0.25, 0.3) is 5.56 Å². The van der Waals surface area contributed by atoms with Gasteiger partial charge >= 0.3 is 5.69 Å². The number of aromatic amines is 1. The van der Waals surface area contributed by atoms with Crippen LogP contribution in [0.15, 0.2) is 64.2 Å². The van der Waals surface area contributed by atoms with E-state index in [1.54, 1.807) is 18.2 Å². The van der Waals surface area contributed by atoms with Gasteiger partial charge in [-0.25, -0.2) is 9.78 Å². The lowest BCUT2D eigenvalue weighted by molar-refractivity contribution is 0.445. The molecule has 2 heterocycles. The van der Waals surface area contributed by atoms with E-state index in [-0.39, 0.29) is 11.6 Å². The Labute approximate surface area is 176 Å². The van der Waals surface area contributed by atoms with Gasteiger partial charge in [-0.2, -0.15) is 4.68 Å². The van der Waals surface area contributed by atoms with Crippen LogP contribution in [0.5, 0.6) is 17.4 Å². The molecule has 2 aromatic carbocycles. The molecule has 9 nitrogen and oxygen atoms in total. The summed E-state index contributed by atoms with van der Waals surface area (Å²) in [5.41, 5.74) is 7.13. The number of nitrogens with zero attached hydrogens (tertiary/aromatic N) is 3. The molecule has 4 N–H and O–H groups in total. The average molecular weight is 417 g/mol. The molecular weight excluding hydrogens is 398 g/mol. The van der Waals surface area contributed by atoms with Gasteiger partial charge in [-0.15, -0.1) is 5.10 Å². The molecule has 0 saturated carbocycles. The Morgan fingerprint density at radius 2 is 1.71 bits per heavy atom. The fraction of sp³-hybridized carbons (Fsp3) is 0.0909. The summed E-state index contributed by atoms with van der Waals surface area (Å²) in [5, 5.41) is 14.1. The number of anilines is 1. The molecule has 4 rings (SSSR count). The third-order valence-electron chi connectivity index (χ3n) is 4.65. The molecule has 0 fully saturated rings. The number of hydrogen-bond acceptors (Lipinski definition) is 7. The Kier molecular flexibility index (Phi) is 5.00. The van der Waals surface area contributed by atoms with Crippen molar-refractivity contribution in [2.45, 2.75) is 13.8 Å². The highest BCUT2D eigenvalue weighted by Gasteiger charge is 2.14. The third-order valence-corrected chi connectivity index (χ3v) is 4.65. The van der Waals surface area contributed by atoms with E-state index in [1.165, 1.54) is 6.07 Å². The highest BCUT2D eigenvalue weighted by atomic mass is 16.5. The van der Waals surface area contributed by atoms with E-state index in [0.29, 0.717) is 34.1 Å². The number of ether oxygens (including phenoxy) is 1. The first-order chi connectivity index (χ1) is 14.8. The maximum atomic E-state index is 12.1. The van der Waals surface area contributed by atoms with Crippen LogP contribution >= 0.6 is 0 Å². The summed E-state index contributed by atoms with van der Waals surface area (Å²) in [7, 11) is 0. The van der Waals surface area contributed by atoms with E-state index in [9.17, 15) is 14.7 Å². The first-order valence-corrected chi connectivity index (χ1v) is 9.37. The Hall–Kier alpha value is -4.40. The average Bonchev–Trinajstić information content (AvgIpc) is 2.75. The van der Waals surface area contributed by atoms with Crippen molar-refractivity contribution >= 4 is 5.82 Å². The van der Waals surface area contributed by atoms with Crippen LogP contribution in [0, 0.1) is 13.8 Å². The predicted octanol–water partition coefficient (Wildman–Crippen LogP) is 2.68. The third kappa shape index (κ3) is 3.88. The lowest BCUT2D eigenvalue weighted by Crippen LogP contribution is -2.33. The van der Waals surface area contributed by atoms with E-state index in [1.807, 2.05) is 44.2 Å². The molecule has 2 aromatic heterocycles. The van der Waals surface area contributed by atoms with Gasteiger partial charge in [0.1, 0.15) is 17.2 Å². The molecule has 0 aliphatic rings. The van der Waals surface area contributed by atoms with Gasteiger partial charge in [-0.05, 0) is 43.2 Å². The van der Waals surface area contributed by atoms with E-state index in [0.717, 1.165) is 10.2 Å². The number of hydrogen-bond donors (Lipinski definition) is 3. The van der Waals surface area contributed by atoms with Crippen molar-refractivity contribution in [3.05, 3.63) is 86.6 Å². The number of aromatic nitrogens is 4. The maximum absolute atomic E-state index is 12.1. The number of H-pyrrole nitrogens is 1. The quantitative estimate of drug-likeness (QED) is 0.464. The molecule has 0 amide bonds. The number of nitrogen functional groups attached to an aromatic ring is 1. The van der Waals surface area contributed by atoms with Crippen molar-refractivity contribution in [3.8, 4) is 34.3 Å². The van der Waals surface area contributed by atoms with Crippen LogP contribution in [0.1, 0.15) is 11.1 Å². The SMILES string of the molecule is Cc1cc(-n2nc(N)c(=O)[nH]c2=O)cc(C)c1Oc1ccc(O)c(-c2ccccc2)n1. The van der Waals surface area contributed by atoms with Crippen molar-refractivity contribution in [3.63, 3.8) is 0 Å². The number of nitrogens with one attached hydrogen (secondary N) is 1. The molecule has 0 aliphatic heterocycles. The Morgan fingerprint density at radius 3 is 2.39 bits per heavy atom. The Morgan fingerprint density at radius 1 is 1.03 bits per heavy atom. The summed E-state index contributed by atoms with van der Waals surface area (Å²) in [6, 6.07) is 15.8. The normalized spacial score (nSPS) is 10.8. The monoisotopic (exact) mass is 417 g/mol. The molecule has 0 atom stereocenters. The van der Waals surface area contributed by atoms with Crippen molar-refractivity contribution in [2.75, 3.05) is 5.73 Å². The minimum absolute atomic E-state index is 0.0449. The van der Waals surface area contributed by atoms with Crippen LogP contribution in [0.3, 0.4) is 0 Å². The van der Waals surface area contributed by atoms with E-state index in [2.05, 4.69) is 15.1 Å². The summed E-state index contributed by atoms with van der Waals surface area (Å²) in [6.45, 7) is 3.62. The zero-order valence-electron chi connectivity index (χ0n) is 16.8.